The van der Waals surface area contributed by atoms with Crippen LogP contribution < -0.4 is 16.4 Å². The number of amides is 3. The molecule has 0 saturated heterocycles. The Balaban J connectivity index is 2.76. The number of rotatable bonds is 4. The Labute approximate surface area is 108 Å². The van der Waals surface area contributed by atoms with Gasteiger partial charge in [0.15, 0.2) is 0 Å². The highest BCUT2D eigenvalue weighted by Gasteiger charge is 2.15. The van der Waals surface area contributed by atoms with Gasteiger partial charge < -0.3 is 16.4 Å². The summed E-state index contributed by atoms with van der Waals surface area (Å²) >= 11 is 5.37. The molecule has 7 heteroatoms. The Hall–Kier alpha value is -2.08. The number of halogens is 1. The molecule has 0 unspecified atom stereocenters. The molecule has 1 aromatic carbocycles. The van der Waals surface area contributed by atoms with Crippen molar-refractivity contribution in [2.24, 2.45) is 5.73 Å². The van der Waals surface area contributed by atoms with Gasteiger partial charge in [-0.1, -0.05) is 12.1 Å². The summed E-state index contributed by atoms with van der Waals surface area (Å²) in [5, 5.41) is 4.61. The highest BCUT2D eigenvalue weighted by atomic mass is 35.5. The fraction of sp³-hybridized carbons (Fsp3) is 0.182. The van der Waals surface area contributed by atoms with Gasteiger partial charge >= 0.3 is 11.8 Å². The van der Waals surface area contributed by atoms with Gasteiger partial charge in [0.1, 0.15) is 0 Å². The fourth-order valence-corrected chi connectivity index (χ4v) is 1.32. The smallest absolute Gasteiger partial charge is 0.313 e. The quantitative estimate of drug-likeness (QED) is 0.533. The predicted octanol–water partition coefficient (Wildman–Crippen LogP) is 0.0790. The summed E-state index contributed by atoms with van der Waals surface area (Å²) in [4.78, 5) is 33.9. The summed E-state index contributed by atoms with van der Waals surface area (Å²) in [6.07, 6.45) is 0. The highest BCUT2D eigenvalue weighted by Crippen LogP contribution is 2.13. The molecule has 3 amide bonds. The summed E-state index contributed by atoms with van der Waals surface area (Å²) in [7, 11) is 0. The average molecular weight is 270 g/mol. The minimum atomic E-state index is -0.881. The van der Waals surface area contributed by atoms with Crippen LogP contribution in [0.1, 0.15) is 10.4 Å². The van der Waals surface area contributed by atoms with Crippen LogP contribution >= 0.6 is 11.6 Å². The maximum absolute atomic E-state index is 11.5. The Kier molecular flexibility index (Phi) is 5.13. The number of para-hydroxylation sites is 1. The van der Waals surface area contributed by atoms with Crippen molar-refractivity contribution in [1.82, 2.24) is 5.32 Å². The molecule has 4 N–H and O–H groups in total. The van der Waals surface area contributed by atoms with Gasteiger partial charge in [0.05, 0.1) is 11.3 Å². The molecule has 0 aliphatic heterocycles. The van der Waals surface area contributed by atoms with Gasteiger partial charge in [-0.3, -0.25) is 14.4 Å². The van der Waals surface area contributed by atoms with E-state index in [9.17, 15) is 14.4 Å². The zero-order valence-corrected chi connectivity index (χ0v) is 10.2. The van der Waals surface area contributed by atoms with Gasteiger partial charge in [-0.15, -0.1) is 11.6 Å². The monoisotopic (exact) mass is 269 g/mol. The van der Waals surface area contributed by atoms with Crippen molar-refractivity contribution in [3.8, 4) is 0 Å². The van der Waals surface area contributed by atoms with E-state index in [1.807, 2.05) is 0 Å². The summed E-state index contributed by atoms with van der Waals surface area (Å²) in [6, 6.07) is 6.14. The van der Waals surface area contributed by atoms with Crippen molar-refractivity contribution >= 4 is 35.0 Å². The molecule has 0 bridgehead atoms. The minimum absolute atomic E-state index is 0.135. The molecule has 0 fully saturated rings. The average Bonchev–Trinajstić information content (AvgIpc) is 2.36. The van der Waals surface area contributed by atoms with Crippen LogP contribution in [-0.4, -0.2) is 30.1 Å². The number of benzene rings is 1. The summed E-state index contributed by atoms with van der Waals surface area (Å²) < 4.78 is 0. The van der Waals surface area contributed by atoms with E-state index in [0.717, 1.165) is 0 Å². The second-order valence-electron chi connectivity index (χ2n) is 3.31. The number of hydrogen-bond acceptors (Lipinski definition) is 3. The molecule has 96 valence electrons. The molecule has 6 nitrogen and oxygen atoms in total. The van der Waals surface area contributed by atoms with E-state index in [4.69, 9.17) is 17.3 Å². The van der Waals surface area contributed by atoms with E-state index in [-0.39, 0.29) is 23.7 Å². The van der Waals surface area contributed by atoms with Crippen molar-refractivity contribution in [3.05, 3.63) is 29.8 Å². The third-order valence-electron chi connectivity index (χ3n) is 2.03. The van der Waals surface area contributed by atoms with Gasteiger partial charge in [-0.25, -0.2) is 0 Å². The lowest BCUT2D eigenvalue weighted by Crippen LogP contribution is -2.36. The van der Waals surface area contributed by atoms with Crippen molar-refractivity contribution in [3.63, 3.8) is 0 Å². The molecule has 18 heavy (non-hydrogen) atoms. The van der Waals surface area contributed by atoms with E-state index in [0.29, 0.717) is 0 Å². The minimum Gasteiger partial charge on any atom is -0.366 e. The van der Waals surface area contributed by atoms with Crippen LogP contribution in [0.5, 0.6) is 0 Å². The van der Waals surface area contributed by atoms with Crippen LogP contribution in [0.25, 0.3) is 0 Å². The number of anilines is 1. The van der Waals surface area contributed by atoms with E-state index in [2.05, 4.69) is 10.6 Å². The summed E-state index contributed by atoms with van der Waals surface area (Å²) in [6.45, 7) is 0.186. The molecule has 0 aromatic heterocycles. The maximum Gasteiger partial charge on any atom is 0.313 e. The topological polar surface area (TPSA) is 101 Å². The van der Waals surface area contributed by atoms with Crippen molar-refractivity contribution in [1.29, 1.82) is 0 Å². The summed E-state index contributed by atoms with van der Waals surface area (Å²) in [5.74, 6) is -2.19. The zero-order valence-electron chi connectivity index (χ0n) is 9.40. The molecule has 0 atom stereocenters. The number of nitrogens with one attached hydrogen (secondary N) is 2. The lowest BCUT2D eigenvalue weighted by molar-refractivity contribution is -0.136. The first-order chi connectivity index (χ1) is 8.56. The number of primary amides is 1. The molecule has 0 spiro atoms. The zero-order chi connectivity index (χ0) is 13.5. The highest BCUT2D eigenvalue weighted by molar-refractivity contribution is 6.40. The third kappa shape index (κ3) is 3.74. The number of carbonyl (C=O) groups is 3. The Morgan fingerprint density at radius 2 is 1.83 bits per heavy atom. The Bertz CT molecular complexity index is 476. The molecular weight excluding hydrogens is 258 g/mol. The maximum atomic E-state index is 11.5. The molecule has 0 heterocycles. The van der Waals surface area contributed by atoms with Crippen LogP contribution in [0.15, 0.2) is 24.3 Å². The fourth-order valence-electron chi connectivity index (χ4n) is 1.23. The third-order valence-corrected chi connectivity index (χ3v) is 2.22. The second kappa shape index (κ2) is 6.61. The van der Waals surface area contributed by atoms with Crippen LogP contribution in [0.4, 0.5) is 5.69 Å². The molecule has 1 rings (SSSR count). The first-order valence-corrected chi connectivity index (χ1v) is 5.63. The normalized spacial score (nSPS) is 9.61. The summed E-state index contributed by atoms with van der Waals surface area (Å²) in [5.41, 5.74) is 5.46. The van der Waals surface area contributed by atoms with E-state index < -0.39 is 17.7 Å². The first-order valence-electron chi connectivity index (χ1n) is 5.10. The largest absolute Gasteiger partial charge is 0.366 e. The predicted molar refractivity (Wildman–Crippen MR) is 67.3 cm³/mol. The lowest BCUT2D eigenvalue weighted by atomic mass is 10.1. The van der Waals surface area contributed by atoms with Gasteiger partial charge in [-0.2, -0.15) is 0 Å². The number of alkyl halides is 1. The Morgan fingerprint density at radius 1 is 1.17 bits per heavy atom. The van der Waals surface area contributed by atoms with Gasteiger partial charge in [-0.05, 0) is 12.1 Å². The number of carbonyl (C=O) groups excluding carboxylic acids is 3. The SMILES string of the molecule is NC(=O)c1ccccc1NC(=O)C(=O)NCCCl. The molecule has 0 saturated carbocycles. The van der Waals surface area contributed by atoms with Gasteiger partial charge in [0.2, 0.25) is 0 Å². The molecule has 0 aliphatic rings. The van der Waals surface area contributed by atoms with Gasteiger partial charge in [0, 0.05) is 12.4 Å². The van der Waals surface area contributed by atoms with Gasteiger partial charge in [0.25, 0.3) is 5.91 Å². The Morgan fingerprint density at radius 3 is 2.44 bits per heavy atom. The van der Waals surface area contributed by atoms with Crippen LogP contribution in [-0.2, 0) is 9.59 Å². The van der Waals surface area contributed by atoms with Crippen molar-refractivity contribution in [2.45, 2.75) is 0 Å². The van der Waals surface area contributed by atoms with E-state index in [1.54, 1.807) is 12.1 Å². The molecular formula is C11H12ClN3O3. The van der Waals surface area contributed by atoms with E-state index in [1.165, 1.54) is 12.1 Å². The molecule has 1 aromatic rings. The second-order valence-corrected chi connectivity index (χ2v) is 3.69. The molecule has 0 radical (unpaired) electrons. The number of hydrogen-bond donors (Lipinski definition) is 3. The van der Waals surface area contributed by atoms with Crippen molar-refractivity contribution in [2.75, 3.05) is 17.7 Å². The van der Waals surface area contributed by atoms with Crippen LogP contribution in [0, 0.1) is 0 Å². The molecule has 0 aliphatic carbocycles. The first kappa shape index (κ1) is 14.0. The van der Waals surface area contributed by atoms with Crippen molar-refractivity contribution < 1.29 is 14.4 Å². The lowest BCUT2D eigenvalue weighted by Gasteiger charge is -2.08. The standard InChI is InChI=1S/C11H12ClN3O3/c12-5-6-14-10(17)11(18)15-8-4-2-1-3-7(8)9(13)16/h1-4H,5-6H2,(H2,13,16)(H,14,17)(H,15,18). The number of nitrogens with two attached hydrogens (primary N) is 1. The van der Waals surface area contributed by atoms with Crippen LogP contribution in [0.2, 0.25) is 0 Å². The van der Waals surface area contributed by atoms with Crippen LogP contribution in [0.3, 0.4) is 0 Å². The van der Waals surface area contributed by atoms with E-state index >= 15 is 0 Å².